The van der Waals surface area contributed by atoms with Gasteiger partial charge in [0.05, 0.1) is 31.5 Å². The van der Waals surface area contributed by atoms with E-state index in [1.54, 1.807) is 23.1 Å². The second-order valence-electron chi connectivity index (χ2n) is 8.09. The SMILES string of the molecule is COc1cc(NC(=S)/N=C(\Nc2ccc(Cn3cncn3)cc2)Nc2nc(C)cc(C)n2)c(OC)cc1Cl. The van der Waals surface area contributed by atoms with Gasteiger partial charge < -0.3 is 20.1 Å². The number of aliphatic imine (C=N–C) groups is 1. The van der Waals surface area contributed by atoms with Gasteiger partial charge in [0, 0.05) is 29.2 Å². The molecule has 0 saturated heterocycles. The third kappa shape index (κ3) is 7.14. The molecule has 2 heterocycles. The standard InChI is InChI=1S/C25H26ClN9O2S/c1-15-9-16(2)30-23(29-15)33-24(31-18-7-5-17(6-8-18)12-35-14-27-13-28-35)34-25(38)32-20-11-21(36-3)19(26)10-22(20)37-4/h5-11,13-14H,12H2,1-4H3,(H3,29,30,31,32,33,34,38). The number of thiocarbonyl (C=S) groups is 1. The molecule has 0 unspecified atom stereocenters. The van der Waals surface area contributed by atoms with E-state index in [2.05, 4.69) is 41.0 Å². The molecule has 3 N–H and O–H groups in total. The molecular formula is C25H26ClN9O2S. The highest BCUT2D eigenvalue weighted by Crippen LogP contribution is 2.36. The molecule has 0 aliphatic heterocycles. The second kappa shape index (κ2) is 12.3. The van der Waals surface area contributed by atoms with Gasteiger partial charge in [0.2, 0.25) is 17.0 Å². The van der Waals surface area contributed by atoms with Crippen LogP contribution in [0.3, 0.4) is 0 Å². The summed E-state index contributed by atoms with van der Waals surface area (Å²) in [4.78, 5) is 17.4. The van der Waals surface area contributed by atoms with Crippen LogP contribution in [0.25, 0.3) is 0 Å². The van der Waals surface area contributed by atoms with Gasteiger partial charge in [0.1, 0.15) is 24.2 Å². The fraction of sp³-hybridized carbons (Fsp3) is 0.200. The van der Waals surface area contributed by atoms with Crippen LogP contribution < -0.4 is 25.4 Å². The lowest BCUT2D eigenvalue weighted by atomic mass is 10.2. The summed E-state index contributed by atoms with van der Waals surface area (Å²) in [5.41, 5.74) is 4.01. The maximum atomic E-state index is 6.22. The third-order valence-electron chi connectivity index (χ3n) is 5.17. The van der Waals surface area contributed by atoms with E-state index >= 15 is 0 Å². The zero-order chi connectivity index (χ0) is 27.1. The summed E-state index contributed by atoms with van der Waals surface area (Å²) in [5, 5.41) is 14.1. The zero-order valence-corrected chi connectivity index (χ0v) is 22.8. The van der Waals surface area contributed by atoms with Crippen molar-refractivity contribution in [2.45, 2.75) is 20.4 Å². The van der Waals surface area contributed by atoms with Crippen LogP contribution in [0, 0.1) is 13.8 Å². The molecule has 0 saturated carbocycles. The molecule has 0 aliphatic rings. The van der Waals surface area contributed by atoms with Gasteiger partial charge in [-0.25, -0.2) is 19.6 Å². The number of nitrogens with zero attached hydrogens (tertiary/aromatic N) is 6. The Bertz CT molecular complexity index is 1420. The molecule has 0 aliphatic carbocycles. The molecular weight excluding hydrogens is 526 g/mol. The van der Waals surface area contributed by atoms with Crippen LogP contribution in [-0.4, -0.2) is 50.0 Å². The highest BCUT2D eigenvalue weighted by atomic mass is 35.5. The number of halogens is 1. The van der Waals surface area contributed by atoms with Crippen molar-refractivity contribution in [3.8, 4) is 11.5 Å². The van der Waals surface area contributed by atoms with E-state index in [0.29, 0.717) is 40.7 Å². The van der Waals surface area contributed by atoms with E-state index in [1.807, 2.05) is 44.2 Å². The van der Waals surface area contributed by atoms with Gasteiger partial charge in [0.25, 0.3) is 0 Å². The molecule has 0 bridgehead atoms. The van der Waals surface area contributed by atoms with Crippen molar-refractivity contribution in [3.05, 3.63) is 77.1 Å². The summed E-state index contributed by atoms with van der Waals surface area (Å²) in [7, 11) is 3.06. The van der Waals surface area contributed by atoms with Crippen molar-refractivity contribution < 1.29 is 9.47 Å². The van der Waals surface area contributed by atoms with Gasteiger partial charge >= 0.3 is 0 Å². The molecule has 0 spiro atoms. The number of aryl methyl sites for hydroxylation is 2. The topological polar surface area (TPSA) is 123 Å². The van der Waals surface area contributed by atoms with E-state index < -0.39 is 0 Å². The summed E-state index contributed by atoms with van der Waals surface area (Å²) in [6.45, 7) is 4.39. The average molecular weight is 552 g/mol. The molecule has 13 heteroatoms. The van der Waals surface area contributed by atoms with E-state index in [9.17, 15) is 0 Å². The van der Waals surface area contributed by atoms with Gasteiger partial charge in [-0.1, -0.05) is 23.7 Å². The zero-order valence-electron chi connectivity index (χ0n) is 21.2. The molecule has 0 radical (unpaired) electrons. The summed E-state index contributed by atoms with van der Waals surface area (Å²) in [5.74, 6) is 1.64. The van der Waals surface area contributed by atoms with Crippen molar-refractivity contribution in [2.24, 2.45) is 4.99 Å². The quantitative estimate of drug-likeness (QED) is 0.169. The molecule has 11 nitrogen and oxygen atoms in total. The largest absolute Gasteiger partial charge is 0.495 e. The number of rotatable bonds is 7. The molecule has 4 rings (SSSR count). The molecule has 4 aromatic rings. The van der Waals surface area contributed by atoms with E-state index in [4.69, 9.17) is 33.3 Å². The fourth-order valence-electron chi connectivity index (χ4n) is 3.51. The van der Waals surface area contributed by atoms with Crippen molar-refractivity contribution in [1.29, 1.82) is 0 Å². The first kappa shape index (κ1) is 26.8. The van der Waals surface area contributed by atoms with Crippen LogP contribution >= 0.6 is 23.8 Å². The Morgan fingerprint density at radius 1 is 0.974 bits per heavy atom. The summed E-state index contributed by atoms with van der Waals surface area (Å²) in [6.07, 6.45) is 3.18. The minimum absolute atomic E-state index is 0.148. The number of nitrogens with one attached hydrogen (secondary N) is 3. The van der Waals surface area contributed by atoms with Crippen LogP contribution in [0.15, 0.2) is 60.1 Å². The van der Waals surface area contributed by atoms with Gasteiger partial charge in [-0.05, 0) is 49.8 Å². The summed E-state index contributed by atoms with van der Waals surface area (Å²) < 4.78 is 12.5. The lowest BCUT2D eigenvalue weighted by Gasteiger charge is -2.15. The number of hydrogen-bond acceptors (Lipinski definition) is 7. The number of methoxy groups -OCH3 is 2. The maximum Gasteiger partial charge on any atom is 0.229 e. The van der Waals surface area contributed by atoms with Gasteiger partial charge in [-0.15, -0.1) is 0 Å². The fourth-order valence-corrected chi connectivity index (χ4v) is 3.94. The lowest BCUT2D eigenvalue weighted by molar-refractivity contribution is 0.405. The van der Waals surface area contributed by atoms with E-state index in [0.717, 1.165) is 22.6 Å². The van der Waals surface area contributed by atoms with E-state index in [-0.39, 0.29) is 5.11 Å². The third-order valence-corrected chi connectivity index (χ3v) is 5.66. The van der Waals surface area contributed by atoms with Gasteiger partial charge in [0.15, 0.2) is 0 Å². The molecule has 0 amide bonds. The van der Waals surface area contributed by atoms with Gasteiger partial charge in [-0.3, -0.25) is 5.32 Å². The number of anilines is 3. The van der Waals surface area contributed by atoms with Crippen LogP contribution in [0.2, 0.25) is 5.02 Å². The predicted octanol–water partition coefficient (Wildman–Crippen LogP) is 4.68. The Hall–Kier alpha value is -4.29. The Morgan fingerprint density at radius 3 is 2.32 bits per heavy atom. The summed E-state index contributed by atoms with van der Waals surface area (Å²) in [6, 6.07) is 13.0. The number of hydrogen-bond donors (Lipinski definition) is 3. The first-order chi connectivity index (χ1) is 18.3. The second-order valence-corrected chi connectivity index (χ2v) is 8.89. The highest BCUT2D eigenvalue weighted by Gasteiger charge is 2.13. The Balaban J connectivity index is 1.58. The van der Waals surface area contributed by atoms with Crippen molar-refractivity contribution >= 4 is 52.2 Å². The summed E-state index contributed by atoms with van der Waals surface area (Å²) >= 11 is 11.8. The molecule has 2 aromatic carbocycles. The Labute approximate surface area is 230 Å². The predicted molar refractivity (Wildman–Crippen MR) is 153 cm³/mol. The van der Waals surface area contributed by atoms with Crippen LogP contribution in [-0.2, 0) is 6.54 Å². The van der Waals surface area contributed by atoms with E-state index in [1.165, 1.54) is 20.5 Å². The lowest BCUT2D eigenvalue weighted by Crippen LogP contribution is -2.26. The minimum Gasteiger partial charge on any atom is -0.495 e. The first-order valence-corrected chi connectivity index (χ1v) is 12.2. The van der Waals surface area contributed by atoms with Gasteiger partial charge in [-0.2, -0.15) is 10.1 Å². The van der Waals surface area contributed by atoms with Crippen molar-refractivity contribution in [1.82, 2.24) is 24.7 Å². The monoisotopic (exact) mass is 551 g/mol. The molecule has 2 aromatic heterocycles. The number of benzene rings is 2. The minimum atomic E-state index is 0.148. The molecule has 0 atom stereocenters. The van der Waals surface area contributed by atoms with Crippen LogP contribution in [0.5, 0.6) is 11.5 Å². The first-order valence-electron chi connectivity index (χ1n) is 11.4. The van der Waals surface area contributed by atoms with Crippen LogP contribution in [0.1, 0.15) is 17.0 Å². The average Bonchev–Trinajstić information content (AvgIpc) is 3.38. The molecule has 196 valence electrons. The maximum absolute atomic E-state index is 6.22. The van der Waals surface area contributed by atoms with Crippen molar-refractivity contribution in [2.75, 3.05) is 30.2 Å². The van der Waals surface area contributed by atoms with Crippen molar-refractivity contribution in [3.63, 3.8) is 0 Å². The Kier molecular flexibility index (Phi) is 8.66. The Morgan fingerprint density at radius 2 is 1.68 bits per heavy atom. The number of guanidine groups is 1. The molecule has 38 heavy (non-hydrogen) atoms. The highest BCUT2D eigenvalue weighted by molar-refractivity contribution is 7.80. The van der Waals surface area contributed by atoms with Crippen LogP contribution in [0.4, 0.5) is 17.3 Å². The normalized spacial score (nSPS) is 11.1. The molecule has 0 fully saturated rings. The smallest absolute Gasteiger partial charge is 0.229 e. The number of aromatic nitrogens is 5. The number of ether oxygens (including phenoxy) is 2.